The molecule has 1 aliphatic rings. The van der Waals surface area contributed by atoms with Gasteiger partial charge in [0.15, 0.2) is 0 Å². The van der Waals surface area contributed by atoms with Gasteiger partial charge in [-0.05, 0) is 43.5 Å². The Morgan fingerprint density at radius 1 is 1.45 bits per heavy atom. The van der Waals surface area contributed by atoms with E-state index in [1.54, 1.807) is 6.20 Å². The summed E-state index contributed by atoms with van der Waals surface area (Å²) in [6, 6.07) is 7.76. The Balaban J connectivity index is 1.75. The molecule has 2 aromatic rings. The number of benzene rings is 1. The highest BCUT2D eigenvalue weighted by atomic mass is 16.2. The molecule has 2 N–H and O–H groups in total. The van der Waals surface area contributed by atoms with E-state index in [0.29, 0.717) is 12.8 Å². The molecule has 1 atom stereocenters. The van der Waals surface area contributed by atoms with Crippen molar-refractivity contribution in [3.8, 4) is 0 Å². The molecule has 0 radical (unpaired) electrons. The lowest BCUT2D eigenvalue weighted by atomic mass is 10.0. The molecule has 2 heterocycles. The van der Waals surface area contributed by atoms with Crippen LogP contribution >= 0.6 is 0 Å². The van der Waals surface area contributed by atoms with E-state index in [4.69, 9.17) is 0 Å². The van der Waals surface area contributed by atoms with Crippen LogP contribution in [0.1, 0.15) is 31.2 Å². The number of amides is 2. The molecular weight excluding hydrogens is 278 g/mol. The molecule has 22 heavy (non-hydrogen) atoms. The predicted octanol–water partition coefficient (Wildman–Crippen LogP) is 2.54. The summed E-state index contributed by atoms with van der Waals surface area (Å²) in [6.45, 7) is 1.99. The zero-order chi connectivity index (χ0) is 15.5. The Morgan fingerprint density at radius 3 is 3.14 bits per heavy atom. The van der Waals surface area contributed by atoms with Crippen LogP contribution < -0.4 is 10.6 Å². The average molecular weight is 297 g/mol. The molecule has 1 saturated heterocycles. The van der Waals surface area contributed by atoms with Gasteiger partial charge in [-0.25, -0.2) is 0 Å². The van der Waals surface area contributed by atoms with Crippen molar-refractivity contribution in [2.24, 2.45) is 0 Å². The van der Waals surface area contributed by atoms with Gasteiger partial charge in [0.25, 0.3) is 0 Å². The number of aromatic nitrogens is 1. The topological polar surface area (TPSA) is 71.1 Å². The number of pyridine rings is 1. The molecule has 0 spiro atoms. The first-order valence-corrected chi connectivity index (χ1v) is 7.56. The Labute approximate surface area is 129 Å². The van der Waals surface area contributed by atoms with Gasteiger partial charge < -0.3 is 10.6 Å². The van der Waals surface area contributed by atoms with E-state index in [9.17, 15) is 9.59 Å². The maximum Gasteiger partial charge on any atom is 0.226 e. The van der Waals surface area contributed by atoms with Crippen LogP contribution in [0.3, 0.4) is 0 Å². The van der Waals surface area contributed by atoms with Crippen molar-refractivity contribution in [2.75, 3.05) is 5.32 Å². The monoisotopic (exact) mass is 297 g/mol. The average Bonchev–Trinajstić information content (AvgIpc) is 2.47. The van der Waals surface area contributed by atoms with Crippen LogP contribution in [0.15, 0.2) is 30.5 Å². The van der Waals surface area contributed by atoms with Crippen molar-refractivity contribution >= 4 is 28.4 Å². The quantitative estimate of drug-likeness (QED) is 0.914. The predicted molar refractivity (Wildman–Crippen MR) is 85.5 cm³/mol. The highest BCUT2D eigenvalue weighted by Gasteiger charge is 2.21. The number of hydrogen-bond donors (Lipinski definition) is 2. The second-order valence-corrected chi connectivity index (χ2v) is 5.80. The van der Waals surface area contributed by atoms with Gasteiger partial charge in [-0.3, -0.25) is 14.6 Å². The van der Waals surface area contributed by atoms with Crippen molar-refractivity contribution in [3.63, 3.8) is 0 Å². The lowest BCUT2D eigenvalue weighted by Gasteiger charge is -2.22. The van der Waals surface area contributed by atoms with Crippen LogP contribution in [0.25, 0.3) is 10.9 Å². The highest BCUT2D eigenvalue weighted by Crippen LogP contribution is 2.23. The van der Waals surface area contributed by atoms with Crippen molar-refractivity contribution in [2.45, 2.75) is 38.6 Å². The minimum atomic E-state index is -0.0928. The Hall–Kier alpha value is -2.43. The minimum absolute atomic E-state index is 0.0340. The summed E-state index contributed by atoms with van der Waals surface area (Å²) in [4.78, 5) is 28.0. The maximum atomic E-state index is 12.3. The number of nitrogens with zero attached hydrogens (tertiary/aromatic N) is 1. The maximum absolute atomic E-state index is 12.3. The second-order valence-electron chi connectivity index (χ2n) is 5.80. The van der Waals surface area contributed by atoms with Gasteiger partial charge in [0.1, 0.15) is 0 Å². The molecule has 0 aliphatic carbocycles. The molecule has 2 amide bonds. The number of piperidine rings is 1. The van der Waals surface area contributed by atoms with E-state index in [2.05, 4.69) is 15.6 Å². The van der Waals surface area contributed by atoms with Crippen molar-refractivity contribution < 1.29 is 9.59 Å². The number of anilines is 1. The van der Waals surface area contributed by atoms with Crippen LogP contribution in [0.5, 0.6) is 0 Å². The molecular formula is C17H19N3O2. The first-order chi connectivity index (χ1) is 10.6. The molecule has 5 heteroatoms. The fraction of sp³-hybridized carbons (Fsp3) is 0.353. The zero-order valence-electron chi connectivity index (χ0n) is 12.6. The first-order valence-electron chi connectivity index (χ1n) is 7.56. The van der Waals surface area contributed by atoms with Gasteiger partial charge in [-0.1, -0.05) is 6.07 Å². The Morgan fingerprint density at radius 2 is 2.32 bits per heavy atom. The van der Waals surface area contributed by atoms with E-state index in [-0.39, 0.29) is 17.9 Å². The Bertz CT molecular complexity index is 727. The third kappa shape index (κ3) is 3.24. The van der Waals surface area contributed by atoms with E-state index >= 15 is 0 Å². The van der Waals surface area contributed by atoms with Crippen molar-refractivity contribution in [1.29, 1.82) is 0 Å². The van der Waals surface area contributed by atoms with Crippen molar-refractivity contribution in [3.05, 3.63) is 36.0 Å². The van der Waals surface area contributed by atoms with E-state index in [0.717, 1.165) is 35.0 Å². The lowest BCUT2D eigenvalue weighted by molar-refractivity contribution is -0.124. The SMILES string of the molecule is Cc1cc(NC(=O)CC2CCCC(=O)N2)c2ncccc2c1. The van der Waals surface area contributed by atoms with Gasteiger partial charge in [0.05, 0.1) is 11.2 Å². The molecule has 1 unspecified atom stereocenters. The molecule has 1 fully saturated rings. The number of aryl methyl sites for hydroxylation is 1. The molecule has 1 aliphatic heterocycles. The number of carbonyl (C=O) groups is 2. The fourth-order valence-corrected chi connectivity index (χ4v) is 2.90. The molecule has 3 rings (SSSR count). The number of rotatable bonds is 3. The van der Waals surface area contributed by atoms with E-state index in [1.807, 2.05) is 31.2 Å². The number of hydrogen-bond acceptors (Lipinski definition) is 3. The van der Waals surface area contributed by atoms with Gasteiger partial charge in [0, 0.05) is 30.5 Å². The van der Waals surface area contributed by atoms with Gasteiger partial charge in [0.2, 0.25) is 11.8 Å². The summed E-state index contributed by atoms with van der Waals surface area (Å²) < 4.78 is 0. The second kappa shape index (κ2) is 6.13. The summed E-state index contributed by atoms with van der Waals surface area (Å²) in [5.41, 5.74) is 2.58. The van der Waals surface area contributed by atoms with Crippen LogP contribution in [-0.2, 0) is 9.59 Å². The normalized spacial score (nSPS) is 18.0. The van der Waals surface area contributed by atoms with Crippen LogP contribution in [0.2, 0.25) is 0 Å². The third-order valence-corrected chi connectivity index (χ3v) is 3.88. The minimum Gasteiger partial charge on any atom is -0.353 e. The smallest absolute Gasteiger partial charge is 0.226 e. The molecule has 114 valence electrons. The van der Waals surface area contributed by atoms with Crippen LogP contribution in [0.4, 0.5) is 5.69 Å². The summed E-state index contributed by atoms with van der Waals surface area (Å²) in [5.74, 6) is -0.0588. The molecule has 0 bridgehead atoms. The molecule has 0 saturated carbocycles. The van der Waals surface area contributed by atoms with Gasteiger partial charge >= 0.3 is 0 Å². The van der Waals surface area contributed by atoms with Crippen molar-refractivity contribution in [1.82, 2.24) is 10.3 Å². The third-order valence-electron chi connectivity index (χ3n) is 3.88. The van der Waals surface area contributed by atoms with Crippen LogP contribution in [0, 0.1) is 6.92 Å². The zero-order valence-corrected chi connectivity index (χ0v) is 12.6. The molecule has 1 aromatic heterocycles. The first kappa shape index (κ1) is 14.5. The molecule has 5 nitrogen and oxygen atoms in total. The van der Waals surface area contributed by atoms with E-state index < -0.39 is 0 Å². The molecule has 1 aromatic carbocycles. The summed E-state index contributed by atoms with van der Waals surface area (Å²) >= 11 is 0. The Kier molecular flexibility index (Phi) is 4.04. The largest absolute Gasteiger partial charge is 0.353 e. The summed E-state index contributed by atoms with van der Waals surface area (Å²) in [6.07, 6.45) is 4.28. The number of fused-ring (bicyclic) bond motifs is 1. The van der Waals surface area contributed by atoms with Crippen LogP contribution in [-0.4, -0.2) is 22.8 Å². The van der Waals surface area contributed by atoms with Gasteiger partial charge in [-0.15, -0.1) is 0 Å². The summed E-state index contributed by atoms with van der Waals surface area (Å²) in [5, 5.41) is 6.80. The van der Waals surface area contributed by atoms with E-state index in [1.165, 1.54) is 0 Å². The number of carbonyl (C=O) groups excluding carboxylic acids is 2. The summed E-state index contributed by atoms with van der Waals surface area (Å²) in [7, 11) is 0. The fourth-order valence-electron chi connectivity index (χ4n) is 2.90. The van der Waals surface area contributed by atoms with Gasteiger partial charge in [-0.2, -0.15) is 0 Å². The number of nitrogens with one attached hydrogen (secondary N) is 2. The standard InChI is InChI=1S/C17H19N3O2/c1-11-8-12-4-3-7-18-17(12)14(9-11)20-16(22)10-13-5-2-6-15(21)19-13/h3-4,7-9,13H,2,5-6,10H2,1H3,(H,19,21)(H,20,22). The highest BCUT2D eigenvalue weighted by molar-refractivity contribution is 6.00. The lowest BCUT2D eigenvalue weighted by Crippen LogP contribution is -2.40.